The van der Waals surface area contributed by atoms with Crippen LogP contribution in [0.5, 0.6) is 17.2 Å². The normalized spacial score (nSPS) is 12.4. The number of aromatic hydroxyl groups is 1. The molecule has 0 atom stereocenters. The Morgan fingerprint density at radius 1 is 1.16 bits per heavy atom. The predicted molar refractivity (Wildman–Crippen MR) is 77.8 cm³/mol. The summed E-state index contributed by atoms with van der Waals surface area (Å²) in [6.07, 6.45) is 2.08. The summed E-state index contributed by atoms with van der Waals surface area (Å²) in [5.74, 6) is 0.874. The van der Waals surface area contributed by atoms with E-state index in [4.69, 9.17) is 9.47 Å². The minimum Gasteiger partial charge on any atom is -0.502 e. The molecule has 0 bridgehead atoms. The van der Waals surface area contributed by atoms with Crippen molar-refractivity contribution in [3.8, 4) is 17.2 Å². The van der Waals surface area contributed by atoms with Gasteiger partial charge in [-0.1, -0.05) is 6.08 Å². The highest BCUT2D eigenvalue weighted by Gasteiger charge is 2.12. The highest BCUT2D eigenvalue weighted by Crippen LogP contribution is 2.37. The second-order valence-corrected chi connectivity index (χ2v) is 5.71. The second kappa shape index (κ2) is 5.97. The zero-order valence-corrected chi connectivity index (χ0v) is 12.7. The highest BCUT2D eigenvalue weighted by molar-refractivity contribution is 5.62. The number of methoxy groups -OCH3 is 2. The van der Waals surface area contributed by atoms with E-state index in [1.807, 2.05) is 0 Å². The summed E-state index contributed by atoms with van der Waals surface area (Å²) in [5.41, 5.74) is 2.21. The van der Waals surface area contributed by atoms with Crippen LogP contribution in [0, 0.1) is 0 Å². The number of phenolic OH excluding ortho intramolecular Hbond substituents is 1. The van der Waals surface area contributed by atoms with Crippen LogP contribution in [0.2, 0.25) is 0 Å². The van der Waals surface area contributed by atoms with Gasteiger partial charge in [0.15, 0.2) is 11.5 Å². The zero-order chi connectivity index (χ0) is 14.6. The number of ether oxygens (including phenoxy) is 2. The Hall–Kier alpha value is -1.68. The number of hydrogen-bond acceptors (Lipinski definition) is 3. The molecule has 19 heavy (non-hydrogen) atoms. The molecule has 1 aromatic carbocycles. The van der Waals surface area contributed by atoms with Gasteiger partial charge in [-0.05, 0) is 30.2 Å². The lowest BCUT2D eigenvalue weighted by atomic mass is 10.1. The Morgan fingerprint density at radius 2 is 1.63 bits per heavy atom. The largest absolute Gasteiger partial charge is 0.502 e. The van der Waals surface area contributed by atoms with Gasteiger partial charge in [0.05, 0.1) is 41.9 Å². The maximum absolute atomic E-state index is 9.86. The molecular weight excluding hydrogens is 242 g/mol. The quantitative estimate of drug-likeness (QED) is 0.832. The predicted octanol–water partition coefficient (Wildman–Crippen LogP) is 2.52. The van der Waals surface area contributed by atoms with Crippen molar-refractivity contribution in [2.45, 2.75) is 6.92 Å². The van der Waals surface area contributed by atoms with Gasteiger partial charge in [-0.15, -0.1) is 0 Å². The van der Waals surface area contributed by atoms with Crippen LogP contribution in [0.25, 0.3) is 6.08 Å². The SMILES string of the molecule is COc1cc(/C=C(/C)C[N+](C)(C)C)cc(OC)c1O. The smallest absolute Gasteiger partial charge is 0.200 e. The number of hydrogen-bond donors (Lipinski definition) is 1. The Labute approximate surface area is 115 Å². The van der Waals surface area contributed by atoms with Gasteiger partial charge in [-0.2, -0.15) is 0 Å². The molecule has 0 aliphatic heterocycles. The van der Waals surface area contributed by atoms with E-state index in [1.165, 1.54) is 19.8 Å². The Balaban J connectivity index is 3.11. The van der Waals surface area contributed by atoms with E-state index < -0.39 is 0 Å². The van der Waals surface area contributed by atoms with Crippen LogP contribution in [-0.4, -0.2) is 51.5 Å². The van der Waals surface area contributed by atoms with Gasteiger partial charge >= 0.3 is 0 Å². The number of likely N-dealkylation sites (N-methyl/N-ethyl adjacent to an activating group) is 1. The summed E-state index contributed by atoms with van der Waals surface area (Å²) in [6.45, 7) is 3.04. The maximum Gasteiger partial charge on any atom is 0.200 e. The molecule has 0 heterocycles. The molecule has 0 saturated heterocycles. The van der Waals surface area contributed by atoms with Crippen LogP contribution in [0.1, 0.15) is 12.5 Å². The molecular formula is C15H24NO3+. The standard InChI is InChI=1S/C15H23NO3/c1-11(10-16(2,3)4)7-12-8-13(18-5)15(17)14(9-12)19-6/h7-9H,10H2,1-6H3/p+1/b11-7-. The van der Waals surface area contributed by atoms with E-state index in [0.717, 1.165) is 16.6 Å². The molecule has 106 valence electrons. The van der Waals surface area contributed by atoms with Gasteiger partial charge in [0.2, 0.25) is 5.75 Å². The monoisotopic (exact) mass is 266 g/mol. The highest BCUT2D eigenvalue weighted by atomic mass is 16.5. The first-order chi connectivity index (χ1) is 8.76. The third-order valence-corrected chi connectivity index (χ3v) is 2.64. The lowest BCUT2D eigenvalue weighted by molar-refractivity contribution is -0.865. The summed E-state index contributed by atoms with van der Waals surface area (Å²) in [4.78, 5) is 0. The van der Waals surface area contributed by atoms with E-state index in [9.17, 15) is 5.11 Å². The summed E-state index contributed by atoms with van der Waals surface area (Å²) in [5, 5.41) is 9.86. The summed E-state index contributed by atoms with van der Waals surface area (Å²) in [7, 11) is 9.50. The number of nitrogens with zero attached hydrogens (tertiary/aromatic N) is 1. The van der Waals surface area contributed by atoms with Crippen LogP contribution in [-0.2, 0) is 0 Å². The van der Waals surface area contributed by atoms with Gasteiger partial charge in [0, 0.05) is 0 Å². The van der Waals surface area contributed by atoms with Crippen molar-refractivity contribution in [2.24, 2.45) is 0 Å². The van der Waals surface area contributed by atoms with Crippen molar-refractivity contribution in [3.63, 3.8) is 0 Å². The lowest BCUT2D eigenvalue weighted by Crippen LogP contribution is -2.35. The number of benzene rings is 1. The number of rotatable bonds is 5. The molecule has 0 fully saturated rings. The molecule has 0 aliphatic rings. The Kier molecular flexibility index (Phi) is 4.84. The first kappa shape index (κ1) is 15.4. The van der Waals surface area contributed by atoms with E-state index in [1.54, 1.807) is 12.1 Å². The van der Waals surface area contributed by atoms with Crippen LogP contribution >= 0.6 is 0 Å². The van der Waals surface area contributed by atoms with Gasteiger partial charge in [0.1, 0.15) is 0 Å². The second-order valence-electron chi connectivity index (χ2n) is 5.71. The summed E-state index contributed by atoms with van der Waals surface area (Å²) < 4.78 is 11.2. The average molecular weight is 266 g/mol. The molecule has 0 aromatic heterocycles. The van der Waals surface area contributed by atoms with Gasteiger partial charge in [-0.3, -0.25) is 0 Å². The van der Waals surface area contributed by atoms with Gasteiger partial charge < -0.3 is 19.1 Å². The molecule has 0 unspecified atom stereocenters. The van der Waals surface area contributed by atoms with Crippen molar-refractivity contribution < 1.29 is 19.1 Å². The van der Waals surface area contributed by atoms with Gasteiger partial charge in [0.25, 0.3) is 0 Å². The molecule has 4 heteroatoms. The fourth-order valence-electron chi connectivity index (χ4n) is 2.08. The molecule has 0 radical (unpaired) electrons. The van der Waals surface area contributed by atoms with Crippen LogP contribution in [0.3, 0.4) is 0 Å². The third kappa shape index (κ3) is 4.48. The fourth-order valence-corrected chi connectivity index (χ4v) is 2.08. The molecule has 0 saturated carbocycles. The van der Waals surface area contributed by atoms with E-state index in [2.05, 4.69) is 34.1 Å². The molecule has 4 nitrogen and oxygen atoms in total. The molecule has 1 rings (SSSR count). The van der Waals surface area contributed by atoms with Crippen molar-refractivity contribution in [2.75, 3.05) is 41.9 Å². The van der Waals surface area contributed by atoms with E-state index in [0.29, 0.717) is 11.5 Å². The van der Waals surface area contributed by atoms with Crippen molar-refractivity contribution >= 4 is 6.08 Å². The number of phenols is 1. The first-order valence-electron chi connectivity index (χ1n) is 6.19. The van der Waals surface area contributed by atoms with Gasteiger partial charge in [-0.25, -0.2) is 0 Å². The molecule has 1 aromatic rings. The molecule has 0 amide bonds. The third-order valence-electron chi connectivity index (χ3n) is 2.64. The molecule has 1 N–H and O–H groups in total. The Bertz CT molecular complexity index is 448. The van der Waals surface area contributed by atoms with Crippen molar-refractivity contribution in [3.05, 3.63) is 23.3 Å². The zero-order valence-electron chi connectivity index (χ0n) is 12.7. The van der Waals surface area contributed by atoms with Crippen LogP contribution in [0.15, 0.2) is 17.7 Å². The Morgan fingerprint density at radius 3 is 2.00 bits per heavy atom. The van der Waals surface area contributed by atoms with E-state index in [-0.39, 0.29) is 5.75 Å². The van der Waals surface area contributed by atoms with Crippen LogP contribution < -0.4 is 9.47 Å². The topological polar surface area (TPSA) is 38.7 Å². The first-order valence-corrected chi connectivity index (χ1v) is 6.19. The summed E-state index contributed by atoms with van der Waals surface area (Å²) in [6, 6.07) is 3.61. The van der Waals surface area contributed by atoms with Crippen LogP contribution in [0.4, 0.5) is 0 Å². The van der Waals surface area contributed by atoms with Crippen molar-refractivity contribution in [1.82, 2.24) is 0 Å². The number of quaternary nitrogens is 1. The van der Waals surface area contributed by atoms with Crippen molar-refractivity contribution in [1.29, 1.82) is 0 Å². The lowest BCUT2D eigenvalue weighted by Gasteiger charge is -2.24. The minimum atomic E-state index is 0.0337. The minimum absolute atomic E-state index is 0.0337. The maximum atomic E-state index is 9.86. The summed E-state index contributed by atoms with van der Waals surface area (Å²) >= 11 is 0. The van der Waals surface area contributed by atoms with E-state index >= 15 is 0 Å². The molecule has 0 spiro atoms. The fraction of sp³-hybridized carbons (Fsp3) is 0.467. The average Bonchev–Trinajstić information content (AvgIpc) is 2.28. The molecule has 0 aliphatic carbocycles.